The summed E-state index contributed by atoms with van der Waals surface area (Å²) in [6, 6.07) is 4.24. The number of hydrogen-bond donors (Lipinski definition) is 1. The summed E-state index contributed by atoms with van der Waals surface area (Å²) in [6.45, 7) is 3.61. The fourth-order valence-corrected chi connectivity index (χ4v) is 3.90. The lowest BCUT2D eigenvalue weighted by Crippen LogP contribution is -2.11. The second-order valence-electron chi connectivity index (χ2n) is 3.80. The zero-order valence-electron chi connectivity index (χ0n) is 10.3. The van der Waals surface area contributed by atoms with Crippen molar-refractivity contribution in [3.8, 4) is 0 Å². The highest BCUT2D eigenvalue weighted by Crippen LogP contribution is 2.18. The molecule has 0 fully saturated rings. The summed E-state index contributed by atoms with van der Waals surface area (Å²) in [7, 11) is -3.39. The van der Waals surface area contributed by atoms with Crippen LogP contribution in [-0.4, -0.2) is 36.8 Å². The number of aryl methyl sites for hydroxylation is 1. The molecule has 1 aromatic carbocycles. The fraction of sp³-hybridized carbons (Fsp3) is 0.417. The highest BCUT2D eigenvalue weighted by atomic mass is 32.2. The Bertz CT molecular complexity index is 535. The van der Waals surface area contributed by atoms with Crippen molar-refractivity contribution in [3.05, 3.63) is 29.3 Å². The van der Waals surface area contributed by atoms with Crippen molar-refractivity contribution >= 4 is 27.6 Å². The van der Waals surface area contributed by atoms with Gasteiger partial charge >= 0.3 is 5.97 Å². The summed E-state index contributed by atoms with van der Waals surface area (Å²) in [5.41, 5.74) is 0.601. The number of sulfone groups is 1. The summed E-state index contributed by atoms with van der Waals surface area (Å²) in [6.07, 6.45) is 0. The quantitative estimate of drug-likeness (QED) is 0.813. The zero-order valence-corrected chi connectivity index (χ0v) is 12.0. The van der Waals surface area contributed by atoms with Gasteiger partial charge in [0.1, 0.15) is 0 Å². The number of hydrogen-bond acceptors (Lipinski definition) is 4. The van der Waals surface area contributed by atoms with Crippen LogP contribution in [-0.2, 0) is 9.84 Å². The molecular weight excluding hydrogens is 272 g/mol. The Morgan fingerprint density at radius 3 is 2.61 bits per heavy atom. The van der Waals surface area contributed by atoms with Gasteiger partial charge in [0.25, 0.3) is 0 Å². The molecule has 1 aromatic rings. The zero-order chi connectivity index (χ0) is 13.8. The molecular formula is C12H16O4S2. The number of carbonyl (C=O) groups is 1. The molecule has 1 rings (SSSR count). The molecule has 100 valence electrons. The Morgan fingerprint density at radius 1 is 1.39 bits per heavy atom. The number of rotatable bonds is 6. The van der Waals surface area contributed by atoms with Crippen LogP contribution in [0.1, 0.15) is 22.8 Å². The minimum atomic E-state index is -3.39. The molecule has 6 heteroatoms. The Labute approximate surface area is 111 Å². The highest BCUT2D eigenvalue weighted by molar-refractivity contribution is 8.00. The van der Waals surface area contributed by atoms with Crippen molar-refractivity contribution in [3.63, 3.8) is 0 Å². The Kier molecular flexibility index (Phi) is 5.22. The van der Waals surface area contributed by atoms with E-state index < -0.39 is 15.8 Å². The maximum Gasteiger partial charge on any atom is 0.335 e. The van der Waals surface area contributed by atoms with Crippen LogP contribution in [0.2, 0.25) is 0 Å². The number of thioether (sulfide) groups is 1. The normalized spacial score (nSPS) is 11.4. The molecule has 0 amide bonds. The molecule has 4 nitrogen and oxygen atoms in total. The topological polar surface area (TPSA) is 71.4 Å². The van der Waals surface area contributed by atoms with Crippen molar-refractivity contribution in [1.29, 1.82) is 0 Å². The molecule has 0 radical (unpaired) electrons. The molecule has 18 heavy (non-hydrogen) atoms. The summed E-state index contributed by atoms with van der Waals surface area (Å²) in [5.74, 6) is 0.319. The van der Waals surface area contributed by atoms with E-state index in [0.29, 0.717) is 11.3 Å². The Balaban J connectivity index is 3.02. The van der Waals surface area contributed by atoms with Gasteiger partial charge < -0.3 is 5.11 Å². The SMILES string of the molecule is CCSCCS(=O)(=O)c1ccc(C)c(C(=O)O)c1. The third kappa shape index (κ3) is 3.74. The maximum atomic E-state index is 12.0. The van der Waals surface area contributed by atoms with Gasteiger partial charge in [-0.3, -0.25) is 0 Å². The second-order valence-corrected chi connectivity index (χ2v) is 7.30. The molecule has 0 atom stereocenters. The monoisotopic (exact) mass is 288 g/mol. The van der Waals surface area contributed by atoms with Gasteiger partial charge in [0.2, 0.25) is 0 Å². The molecule has 1 N–H and O–H groups in total. The van der Waals surface area contributed by atoms with Gasteiger partial charge in [-0.05, 0) is 30.4 Å². The van der Waals surface area contributed by atoms with Gasteiger partial charge in [0.05, 0.1) is 16.2 Å². The van der Waals surface area contributed by atoms with Gasteiger partial charge in [-0.2, -0.15) is 11.8 Å². The number of benzene rings is 1. The maximum absolute atomic E-state index is 12.0. The first-order valence-corrected chi connectivity index (χ1v) is 8.33. The smallest absolute Gasteiger partial charge is 0.335 e. The van der Waals surface area contributed by atoms with Gasteiger partial charge in [-0.25, -0.2) is 13.2 Å². The fourth-order valence-electron chi connectivity index (χ4n) is 1.46. The number of carboxylic acid groups (broad SMARTS) is 1. The van der Waals surface area contributed by atoms with Crippen molar-refractivity contribution in [2.45, 2.75) is 18.7 Å². The predicted molar refractivity (Wildman–Crippen MR) is 73.2 cm³/mol. The van der Waals surface area contributed by atoms with Crippen LogP contribution in [0.25, 0.3) is 0 Å². The van der Waals surface area contributed by atoms with Gasteiger partial charge in [-0.15, -0.1) is 0 Å². The average molecular weight is 288 g/mol. The molecule has 0 heterocycles. The molecule has 0 saturated heterocycles. The van der Waals surface area contributed by atoms with E-state index >= 15 is 0 Å². The first kappa shape index (κ1) is 15.0. The lowest BCUT2D eigenvalue weighted by molar-refractivity contribution is 0.0696. The van der Waals surface area contributed by atoms with Crippen molar-refractivity contribution < 1.29 is 18.3 Å². The Morgan fingerprint density at radius 2 is 2.06 bits per heavy atom. The molecule has 0 aliphatic heterocycles. The molecule has 0 aliphatic rings. The third-order valence-corrected chi connectivity index (χ3v) is 5.37. The van der Waals surface area contributed by atoms with E-state index in [1.54, 1.807) is 18.7 Å². The van der Waals surface area contributed by atoms with E-state index in [2.05, 4.69) is 0 Å². The molecule has 0 saturated carbocycles. The molecule has 0 spiro atoms. The summed E-state index contributed by atoms with van der Waals surface area (Å²) < 4.78 is 24.0. The lowest BCUT2D eigenvalue weighted by Gasteiger charge is -2.07. The first-order chi connectivity index (χ1) is 8.38. The standard InChI is InChI=1S/C12H16O4S2/c1-3-17-6-7-18(15,16)10-5-4-9(2)11(8-10)12(13)14/h4-5,8H,3,6-7H2,1-2H3,(H,13,14). The number of aromatic carboxylic acids is 1. The molecule has 0 aromatic heterocycles. The van der Waals surface area contributed by atoms with Crippen LogP contribution in [0.5, 0.6) is 0 Å². The van der Waals surface area contributed by atoms with E-state index in [1.807, 2.05) is 6.92 Å². The second kappa shape index (κ2) is 6.24. The van der Waals surface area contributed by atoms with E-state index in [9.17, 15) is 13.2 Å². The van der Waals surface area contributed by atoms with E-state index in [4.69, 9.17) is 5.11 Å². The van der Waals surface area contributed by atoms with Crippen LogP contribution in [0, 0.1) is 6.92 Å². The van der Waals surface area contributed by atoms with Crippen LogP contribution in [0.4, 0.5) is 0 Å². The van der Waals surface area contributed by atoms with Crippen molar-refractivity contribution in [2.24, 2.45) is 0 Å². The van der Waals surface area contributed by atoms with Gasteiger partial charge in [0, 0.05) is 5.75 Å². The molecule has 0 aliphatic carbocycles. The minimum Gasteiger partial charge on any atom is -0.478 e. The van der Waals surface area contributed by atoms with E-state index in [0.717, 1.165) is 5.75 Å². The van der Waals surface area contributed by atoms with Crippen LogP contribution in [0.3, 0.4) is 0 Å². The molecule has 0 unspecified atom stereocenters. The predicted octanol–water partition coefficient (Wildman–Crippen LogP) is 2.22. The molecule has 0 bridgehead atoms. The van der Waals surface area contributed by atoms with Crippen LogP contribution >= 0.6 is 11.8 Å². The van der Waals surface area contributed by atoms with E-state index in [1.165, 1.54) is 18.2 Å². The lowest BCUT2D eigenvalue weighted by atomic mass is 10.1. The van der Waals surface area contributed by atoms with Crippen molar-refractivity contribution in [2.75, 3.05) is 17.3 Å². The van der Waals surface area contributed by atoms with Gasteiger partial charge in [0.15, 0.2) is 9.84 Å². The third-order valence-electron chi connectivity index (χ3n) is 2.50. The van der Waals surface area contributed by atoms with Crippen LogP contribution in [0.15, 0.2) is 23.1 Å². The summed E-state index contributed by atoms with van der Waals surface area (Å²) in [5, 5.41) is 8.97. The van der Waals surface area contributed by atoms with Gasteiger partial charge in [-0.1, -0.05) is 13.0 Å². The summed E-state index contributed by atoms with van der Waals surface area (Å²) in [4.78, 5) is 11.0. The summed E-state index contributed by atoms with van der Waals surface area (Å²) >= 11 is 1.55. The Hall–Kier alpha value is -1.01. The average Bonchev–Trinajstić information content (AvgIpc) is 2.29. The van der Waals surface area contributed by atoms with E-state index in [-0.39, 0.29) is 16.2 Å². The van der Waals surface area contributed by atoms with Crippen LogP contribution < -0.4 is 0 Å². The first-order valence-electron chi connectivity index (χ1n) is 5.53. The minimum absolute atomic E-state index is 0.0353. The largest absolute Gasteiger partial charge is 0.478 e. The van der Waals surface area contributed by atoms with Crippen molar-refractivity contribution in [1.82, 2.24) is 0 Å². The highest BCUT2D eigenvalue weighted by Gasteiger charge is 2.17. The number of carboxylic acids is 1.